The second-order valence-corrected chi connectivity index (χ2v) is 6.23. The van der Waals surface area contributed by atoms with Crippen LogP contribution in [0.15, 0.2) is 30.3 Å². The summed E-state index contributed by atoms with van der Waals surface area (Å²) in [5, 5.41) is 2.93. The van der Waals surface area contributed by atoms with Crippen LogP contribution in [0.4, 0.5) is 0 Å². The Morgan fingerprint density at radius 1 is 1.18 bits per heavy atom. The first-order valence-corrected chi connectivity index (χ1v) is 8.03. The summed E-state index contributed by atoms with van der Waals surface area (Å²) in [6, 6.07) is 8.92. The molecule has 4 heteroatoms. The summed E-state index contributed by atoms with van der Waals surface area (Å²) in [5.74, 6) is 0.245. The molecule has 1 aliphatic heterocycles. The topological polar surface area (TPSA) is 55.4 Å². The third kappa shape index (κ3) is 4.67. The molecule has 1 unspecified atom stereocenters. The van der Waals surface area contributed by atoms with Crippen molar-refractivity contribution in [1.29, 1.82) is 0 Å². The van der Waals surface area contributed by atoms with Crippen LogP contribution in [0.2, 0.25) is 0 Å². The molecule has 0 aliphatic carbocycles. The van der Waals surface area contributed by atoms with Crippen molar-refractivity contribution in [3.63, 3.8) is 0 Å². The highest BCUT2D eigenvalue weighted by Gasteiger charge is 2.26. The Hall–Kier alpha value is -1.68. The lowest BCUT2D eigenvalue weighted by atomic mass is 9.93. The fourth-order valence-electron chi connectivity index (χ4n) is 2.73. The average molecular weight is 303 g/mol. The van der Waals surface area contributed by atoms with E-state index >= 15 is 0 Å². The van der Waals surface area contributed by atoms with Crippen LogP contribution < -0.4 is 5.32 Å². The Kier molecular flexibility index (Phi) is 6.13. The zero-order chi connectivity index (χ0) is 15.9. The third-order valence-corrected chi connectivity index (χ3v) is 4.11. The van der Waals surface area contributed by atoms with Gasteiger partial charge in [0.1, 0.15) is 6.04 Å². The van der Waals surface area contributed by atoms with E-state index in [2.05, 4.69) is 5.32 Å². The van der Waals surface area contributed by atoms with Gasteiger partial charge in [0.05, 0.1) is 0 Å². The molecule has 1 amide bonds. The highest BCUT2D eigenvalue weighted by molar-refractivity contribution is 5.91. The summed E-state index contributed by atoms with van der Waals surface area (Å²) in [4.78, 5) is 24.8. The quantitative estimate of drug-likeness (QED) is 0.879. The van der Waals surface area contributed by atoms with Gasteiger partial charge in [0, 0.05) is 25.6 Å². The van der Waals surface area contributed by atoms with Crippen LogP contribution in [0.25, 0.3) is 0 Å². The number of carbonyl (C=O) groups excluding carboxylic acids is 2. The van der Waals surface area contributed by atoms with Gasteiger partial charge in [-0.25, -0.2) is 0 Å². The second-order valence-electron chi connectivity index (χ2n) is 6.23. The summed E-state index contributed by atoms with van der Waals surface area (Å²) in [6.07, 6.45) is 2.31. The lowest BCUT2D eigenvalue weighted by molar-refractivity contribution is -0.130. The zero-order valence-corrected chi connectivity index (χ0v) is 13.4. The molecule has 2 rings (SSSR count). The average Bonchev–Trinajstić information content (AvgIpc) is 2.53. The zero-order valence-electron chi connectivity index (χ0n) is 13.4. The first-order valence-electron chi connectivity index (χ1n) is 8.03. The van der Waals surface area contributed by atoms with Crippen LogP contribution >= 0.6 is 0 Å². The smallest absolute Gasteiger partial charge is 0.221 e. The maximum absolute atomic E-state index is 12.4. The highest BCUT2D eigenvalue weighted by atomic mass is 16.5. The largest absolute Gasteiger partial charge is 0.381 e. The second kappa shape index (κ2) is 8.08. The Morgan fingerprint density at radius 2 is 1.82 bits per heavy atom. The summed E-state index contributed by atoms with van der Waals surface area (Å²) in [6.45, 7) is 5.18. The van der Waals surface area contributed by atoms with Crippen LogP contribution in [-0.4, -0.2) is 24.9 Å². The number of nitrogens with one attached hydrogen (secondary N) is 1. The number of amides is 1. The van der Waals surface area contributed by atoms with Crippen molar-refractivity contribution in [2.75, 3.05) is 13.2 Å². The number of ether oxygens (including phenoxy) is 1. The van der Waals surface area contributed by atoms with Crippen molar-refractivity contribution in [1.82, 2.24) is 5.32 Å². The summed E-state index contributed by atoms with van der Waals surface area (Å²) < 4.78 is 5.32. The van der Waals surface area contributed by atoms with Crippen LogP contribution in [0.5, 0.6) is 0 Å². The van der Waals surface area contributed by atoms with Crippen molar-refractivity contribution in [3.8, 4) is 0 Å². The molecule has 1 fully saturated rings. The minimum atomic E-state index is -0.548. The number of ketones is 1. The van der Waals surface area contributed by atoms with Crippen LogP contribution in [0, 0.1) is 11.8 Å². The molecule has 1 N–H and O–H groups in total. The number of Topliss-reactive ketones (excluding diaryl/α,β-unsaturated/α-hetero) is 1. The lowest BCUT2D eigenvalue weighted by Gasteiger charge is -2.24. The summed E-state index contributed by atoms with van der Waals surface area (Å²) in [7, 11) is 0. The van der Waals surface area contributed by atoms with Gasteiger partial charge in [-0.3, -0.25) is 9.59 Å². The molecular formula is C18H25NO3. The van der Waals surface area contributed by atoms with Crippen molar-refractivity contribution < 1.29 is 14.3 Å². The van der Waals surface area contributed by atoms with Crippen molar-refractivity contribution >= 4 is 11.7 Å². The molecule has 1 atom stereocenters. The van der Waals surface area contributed by atoms with E-state index in [-0.39, 0.29) is 17.6 Å². The van der Waals surface area contributed by atoms with Gasteiger partial charge in [0.2, 0.25) is 5.91 Å². The number of rotatable bonds is 6. The number of benzene rings is 1. The van der Waals surface area contributed by atoms with Gasteiger partial charge < -0.3 is 10.1 Å². The first kappa shape index (κ1) is 16.7. The fourth-order valence-corrected chi connectivity index (χ4v) is 2.73. The number of carbonyl (C=O) groups is 2. The van der Waals surface area contributed by atoms with Gasteiger partial charge in [0.25, 0.3) is 0 Å². The fraction of sp³-hybridized carbons (Fsp3) is 0.556. The number of hydrogen-bond acceptors (Lipinski definition) is 3. The normalized spacial score (nSPS) is 17.2. The molecule has 120 valence electrons. The predicted octanol–water partition coefficient (Wildman–Crippen LogP) is 2.89. The lowest BCUT2D eigenvalue weighted by Crippen LogP contribution is -2.37. The molecule has 1 aromatic carbocycles. The third-order valence-electron chi connectivity index (χ3n) is 4.11. The summed E-state index contributed by atoms with van der Waals surface area (Å²) in [5.41, 5.74) is 0.849. The van der Waals surface area contributed by atoms with Crippen molar-refractivity contribution in [2.45, 2.75) is 39.2 Å². The molecule has 0 aromatic heterocycles. The van der Waals surface area contributed by atoms with E-state index in [0.29, 0.717) is 12.3 Å². The van der Waals surface area contributed by atoms with E-state index in [4.69, 9.17) is 4.74 Å². The molecule has 1 saturated heterocycles. The van der Waals surface area contributed by atoms with Gasteiger partial charge in [-0.15, -0.1) is 0 Å². The molecule has 1 heterocycles. The van der Waals surface area contributed by atoms with E-state index in [1.807, 2.05) is 44.2 Å². The van der Waals surface area contributed by atoms with E-state index in [9.17, 15) is 9.59 Å². The molecule has 4 nitrogen and oxygen atoms in total. The molecule has 0 radical (unpaired) electrons. The molecule has 1 aliphatic rings. The standard InChI is InChI=1S/C18H25NO3/c1-13(2)18(21)17(15-6-4-3-5-7-15)19-16(20)12-14-8-10-22-11-9-14/h3-7,13-14,17H,8-12H2,1-2H3,(H,19,20). The molecular weight excluding hydrogens is 278 g/mol. The minimum absolute atomic E-state index is 0.0465. The summed E-state index contributed by atoms with van der Waals surface area (Å²) >= 11 is 0. The Labute approximate surface area is 132 Å². The molecule has 0 bridgehead atoms. The Morgan fingerprint density at radius 3 is 2.41 bits per heavy atom. The molecule has 0 spiro atoms. The van der Waals surface area contributed by atoms with E-state index < -0.39 is 6.04 Å². The Bertz CT molecular complexity index is 492. The Balaban J connectivity index is 2.02. The highest BCUT2D eigenvalue weighted by Crippen LogP contribution is 2.21. The van der Waals surface area contributed by atoms with E-state index in [1.54, 1.807) is 0 Å². The van der Waals surface area contributed by atoms with Gasteiger partial charge in [-0.1, -0.05) is 44.2 Å². The predicted molar refractivity (Wildman–Crippen MR) is 85.3 cm³/mol. The van der Waals surface area contributed by atoms with Gasteiger partial charge in [-0.2, -0.15) is 0 Å². The van der Waals surface area contributed by atoms with Gasteiger partial charge >= 0.3 is 0 Å². The minimum Gasteiger partial charge on any atom is -0.381 e. The van der Waals surface area contributed by atoms with Crippen LogP contribution in [0.3, 0.4) is 0 Å². The van der Waals surface area contributed by atoms with E-state index in [1.165, 1.54) is 0 Å². The molecule has 1 aromatic rings. The molecule has 0 saturated carbocycles. The van der Waals surface area contributed by atoms with Crippen LogP contribution in [-0.2, 0) is 14.3 Å². The van der Waals surface area contributed by atoms with Crippen molar-refractivity contribution in [2.24, 2.45) is 11.8 Å². The SMILES string of the molecule is CC(C)C(=O)C(NC(=O)CC1CCOCC1)c1ccccc1. The number of hydrogen-bond donors (Lipinski definition) is 1. The monoisotopic (exact) mass is 303 g/mol. The van der Waals surface area contributed by atoms with Gasteiger partial charge in [0.15, 0.2) is 5.78 Å². The van der Waals surface area contributed by atoms with Crippen molar-refractivity contribution in [3.05, 3.63) is 35.9 Å². The maximum atomic E-state index is 12.4. The van der Waals surface area contributed by atoms with Gasteiger partial charge in [-0.05, 0) is 24.3 Å². The van der Waals surface area contributed by atoms with Crippen LogP contribution in [0.1, 0.15) is 44.7 Å². The van der Waals surface area contributed by atoms with E-state index in [0.717, 1.165) is 31.6 Å². The maximum Gasteiger partial charge on any atom is 0.221 e. The first-order chi connectivity index (χ1) is 10.6. The molecule has 22 heavy (non-hydrogen) atoms.